The Morgan fingerprint density at radius 3 is 2.64 bits per heavy atom. The molecule has 1 amide bonds. The summed E-state index contributed by atoms with van der Waals surface area (Å²) in [4.78, 5) is 12.3. The second-order valence-electron chi connectivity index (χ2n) is 5.96. The Balaban J connectivity index is 1.70. The number of rotatable bonds is 5. The van der Waals surface area contributed by atoms with Gasteiger partial charge in [-0.1, -0.05) is 47.7 Å². The van der Waals surface area contributed by atoms with Gasteiger partial charge in [-0.15, -0.1) is 5.10 Å². The zero-order chi connectivity index (χ0) is 17.9. The molecule has 0 fully saturated rings. The fraction of sp³-hybridized carbons (Fsp3) is 0.222. The van der Waals surface area contributed by atoms with Crippen molar-refractivity contribution in [2.75, 3.05) is 0 Å². The zero-order valence-corrected chi connectivity index (χ0v) is 14.0. The first-order valence-electron chi connectivity index (χ1n) is 7.88. The van der Waals surface area contributed by atoms with Crippen LogP contribution in [0.3, 0.4) is 0 Å². The third kappa shape index (κ3) is 3.56. The number of hydrogen-bond acceptors (Lipinski definition) is 5. The highest BCUT2D eigenvalue weighted by molar-refractivity contribution is 5.89. The van der Waals surface area contributed by atoms with Gasteiger partial charge in [-0.05, 0) is 31.5 Å². The number of nitrogens with zero attached hydrogens (tertiary/aromatic N) is 4. The van der Waals surface area contributed by atoms with Crippen LogP contribution in [0.25, 0.3) is 11.0 Å². The molecule has 3 rings (SSSR count). The molecule has 1 aromatic heterocycles. The van der Waals surface area contributed by atoms with Gasteiger partial charge in [0.15, 0.2) is 5.60 Å². The van der Waals surface area contributed by atoms with E-state index in [1.54, 1.807) is 35.9 Å². The van der Waals surface area contributed by atoms with E-state index < -0.39 is 11.5 Å². The van der Waals surface area contributed by atoms with Crippen molar-refractivity contribution in [3.63, 3.8) is 0 Å². The van der Waals surface area contributed by atoms with Crippen molar-refractivity contribution in [3.05, 3.63) is 60.2 Å². The van der Waals surface area contributed by atoms with E-state index in [-0.39, 0.29) is 0 Å². The molecule has 0 aliphatic carbocycles. The fourth-order valence-corrected chi connectivity index (χ4v) is 2.44. The molecule has 2 aromatic carbocycles. The number of hydrogen-bond donors (Lipinski definition) is 2. The van der Waals surface area contributed by atoms with Crippen molar-refractivity contribution in [2.45, 2.75) is 26.0 Å². The van der Waals surface area contributed by atoms with Crippen LogP contribution in [0.15, 0.2) is 59.7 Å². The Morgan fingerprint density at radius 1 is 1.20 bits per heavy atom. The third-order valence-corrected chi connectivity index (χ3v) is 3.93. The first-order chi connectivity index (χ1) is 12.0. The summed E-state index contributed by atoms with van der Waals surface area (Å²) in [5, 5.41) is 22.7. The molecule has 1 unspecified atom stereocenters. The molecule has 2 N–H and O–H groups in total. The first-order valence-corrected chi connectivity index (χ1v) is 7.88. The number of fused-ring (bicyclic) bond motifs is 1. The lowest BCUT2D eigenvalue weighted by atomic mass is 9.95. The summed E-state index contributed by atoms with van der Waals surface area (Å²) in [5.41, 5.74) is 3.58. The van der Waals surface area contributed by atoms with Gasteiger partial charge in [0.1, 0.15) is 5.52 Å². The largest absolute Gasteiger partial charge is 0.375 e. The Hall–Kier alpha value is -3.06. The Labute approximate surface area is 145 Å². The molecule has 128 valence electrons. The molecule has 0 saturated carbocycles. The minimum absolute atomic E-state index is 0.383. The topological polar surface area (TPSA) is 92.4 Å². The van der Waals surface area contributed by atoms with Gasteiger partial charge in [0.2, 0.25) is 0 Å². The maximum atomic E-state index is 12.3. The molecule has 7 heteroatoms. The lowest BCUT2D eigenvalue weighted by Gasteiger charge is -2.21. The monoisotopic (exact) mass is 337 g/mol. The molecule has 0 radical (unpaired) electrons. The summed E-state index contributed by atoms with van der Waals surface area (Å²) in [6, 6.07) is 16.3. The predicted octanol–water partition coefficient (Wildman–Crippen LogP) is 1.83. The van der Waals surface area contributed by atoms with Crippen LogP contribution < -0.4 is 5.43 Å². The summed E-state index contributed by atoms with van der Waals surface area (Å²) in [6.07, 6.45) is 0. The maximum Gasteiger partial charge on any atom is 0.276 e. The van der Waals surface area contributed by atoms with Crippen LogP contribution in [-0.2, 0) is 16.9 Å². The number of aromatic nitrogens is 3. The molecule has 25 heavy (non-hydrogen) atoms. The van der Waals surface area contributed by atoms with Crippen molar-refractivity contribution >= 4 is 22.7 Å². The van der Waals surface area contributed by atoms with Crippen LogP contribution >= 0.6 is 0 Å². The minimum atomic E-state index is -1.66. The highest BCUT2D eigenvalue weighted by atomic mass is 16.3. The summed E-state index contributed by atoms with van der Waals surface area (Å²) in [7, 11) is 0. The van der Waals surface area contributed by atoms with Gasteiger partial charge < -0.3 is 5.11 Å². The van der Waals surface area contributed by atoms with Gasteiger partial charge in [0.25, 0.3) is 5.91 Å². The highest BCUT2D eigenvalue weighted by Gasteiger charge is 2.32. The second-order valence-corrected chi connectivity index (χ2v) is 5.96. The van der Waals surface area contributed by atoms with Gasteiger partial charge in [0.05, 0.1) is 17.8 Å². The molecule has 0 bridgehead atoms. The molecular weight excluding hydrogens is 318 g/mol. The summed E-state index contributed by atoms with van der Waals surface area (Å²) in [5.74, 6) is -0.596. The quantitative estimate of drug-likeness (QED) is 0.549. The SMILES string of the molecule is C/C(Cn1nnc2ccccc21)=N\NC(=O)C(C)(O)c1ccccc1. The van der Waals surface area contributed by atoms with E-state index >= 15 is 0 Å². The van der Waals surface area contributed by atoms with E-state index in [4.69, 9.17) is 0 Å². The van der Waals surface area contributed by atoms with E-state index in [1.165, 1.54) is 6.92 Å². The van der Waals surface area contributed by atoms with Gasteiger partial charge in [-0.25, -0.2) is 10.1 Å². The number of benzene rings is 2. The van der Waals surface area contributed by atoms with E-state index in [1.807, 2.05) is 30.3 Å². The lowest BCUT2D eigenvalue weighted by Crippen LogP contribution is -2.40. The molecule has 0 spiro atoms. The third-order valence-electron chi connectivity index (χ3n) is 3.93. The van der Waals surface area contributed by atoms with Crippen LogP contribution in [0.2, 0.25) is 0 Å². The lowest BCUT2D eigenvalue weighted by molar-refractivity contribution is -0.139. The molecule has 3 aromatic rings. The van der Waals surface area contributed by atoms with Gasteiger partial charge in [-0.3, -0.25) is 4.79 Å². The number of amides is 1. The molecule has 0 aliphatic rings. The summed E-state index contributed by atoms with van der Waals surface area (Å²) in [6.45, 7) is 3.59. The number of carbonyl (C=O) groups excluding carboxylic acids is 1. The molecule has 0 aliphatic heterocycles. The van der Waals surface area contributed by atoms with E-state index in [0.29, 0.717) is 17.8 Å². The standard InChI is InChI=1S/C18H19N5O2/c1-13(12-23-16-11-7-6-10-15(16)20-22-23)19-21-17(24)18(2,25)14-8-4-3-5-9-14/h3-11,25H,12H2,1-2H3,(H,21,24)/b19-13+. The molecule has 1 heterocycles. The average Bonchev–Trinajstić information content (AvgIpc) is 3.03. The van der Waals surface area contributed by atoms with E-state index in [2.05, 4.69) is 20.8 Å². The van der Waals surface area contributed by atoms with Crippen molar-refractivity contribution in [3.8, 4) is 0 Å². The Morgan fingerprint density at radius 2 is 1.88 bits per heavy atom. The molecule has 0 saturated heterocycles. The van der Waals surface area contributed by atoms with Gasteiger partial charge in [0, 0.05) is 0 Å². The Bertz CT molecular complexity index is 915. The minimum Gasteiger partial charge on any atom is -0.375 e. The smallest absolute Gasteiger partial charge is 0.276 e. The average molecular weight is 337 g/mol. The zero-order valence-electron chi connectivity index (χ0n) is 14.0. The first kappa shape index (κ1) is 16.8. The second kappa shape index (κ2) is 6.82. The van der Waals surface area contributed by atoms with Gasteiger partial charge >= 0.3 is 0 Å². The maximum absolute atomic E-state index is 12.3. The molecular formula is C18H19N5O2. The van der Waals surface area contributed by atoms with Crippen LogP contribution in [-0.4, -0.2) is 31.7 Å². The molecule has 1 atom stereocenters. The Kier molecular flexibility index (Phi) is 4.58. The number of aliphatic hydroxyl groups is 1. The summed E-state index contributed by atoms with van der Waals surface area (Å²) >= 11 is 0. The van der Waals surface area contributed by atoms with Crippen LogP contribution in [0.4, 0.5) is 0 Å². The van der Waals surface area contributed by atoms with Crippen molar-refractivity contribution in [1.29, 1.82) is 0 Å². The van der Waals surface area contributed by atoms with Crippen molar-refractivity contribution in [2.24, 2.45) is 5.10 Å². The van der Waals surface area contributed by atoms with Crippen LogP contribution in [0, 0.1) is 0 Å². The van der Waals surface area contributed by atoms with Crippen molar-refractivity contribution < 1.29 is 9.90 Å². The normalized spacial score (nSPS) is 14.3. The number of carbonyl (C=O) groups is 1. The van der Waals surface area contributed by atoms with Crippen molar-refractivity contribution in [1.82, 2.24) is 20.4 Å². The number of nitrogens with one attached hydrogen (secondary N) is 1. The van der Waals surface area contributed by atoms with Crippen LogP contribution in [0.1, 0.15) is 19.4 Å². The van der Waals surface area contributed by atoms with Crippen LogP contribution in [0.5, 0.6) is 0 Å². The number of para-hydroxylation sites is 1. The predicted molar refractivity (Wildman–Crippen MR) is 94.8 cm³/mol. The fourth-order valence-electron chi connectivity index (χ4n) is 2.44. The highest BCUT2D eigenvalue weighted by Crippen LogP contribution is 2.20. The summed E-state index contributed by atoms with van der Waals surface area (Å²) < 4.78 is 1.70. The molecule has 7 nitrogen and oxygen atoms in total. The van der Waals surface area contributed by atoms with E-state index in [9.17, 15) is 9.90 Å². The number of hydrazone groups is 1. The van der Waals surface area contributed by atoms with Gasteiger partial charge in [-0.2, -0.15) is 5.10 Å². The van der Waals surface area contributed by atoms with E-state index in [0.717, 1.165) is 11.0 Å².